The minimum absolute atomic E-state index is 0.0578. The molecule has 0 aliphatic carbocycles. The van der Waals surface area contributed by atoms with Crippen LogP contribution in [0.1, 0.15) is 18.7 Å². The second kappa shape index (κ2) is 7.64. The van der Waals surface area contributed by atoms with E-state index in [0.29, 0.717) is 27.9 Å². The van der Waals surface area contributed by atoms with E-state index in [1.54, 1.807) is 30.5 Å². The number of anilines is 1. The lowest BCUT2D eigenvalue weighted by molar-refractivity contribution is -0.386. The number of hydrogen-bond acceptors (Lipinski definition) is 10. The van der Waals surface area contributed by atoms with Crippen LogP contribution in [0, 0.1) is 10.1 Å². The highest BCUT2D eigenvalue weighted by Crippen LogP contribution is 2.47. The van der Waals surface area contributed by atoms with Crippen LogP contribution in [0.15, 0.2) is 41.6 Å². The molecule has 0 radical (unpaired) electrons. The minimum atomic E-state index is -1.21. The molecule has 1 unspecified atom stereocenters. The number of aromatic nitrogens is 3. The Labute approximate surface area is 185 Å². The summed E-state index contributed by atoms with van der Waals surface area (Å²) in [5, 5.41) is 20.6. The Kier molecular flexibility index (Phi) is 4.78. The maximum atomic E-state index is 12.8. The molecule has 32 heavy (non-hydrogen) atoms. The van der Waals surface area contributed by atoms with Crippen molar-refractivity contribution in [3.8, 4) is 28.6 Å². The molecule has 12 heteroatoms. The van der Waals surface area contributed by atoms with Crippen molar-refractivity contribution in [3.05, 3.63) is 52.1 Å². The molecule has 1 aromatic heterocycles. The average molecular weight is 453 g/mol. The zero-order valence-electron chi connectivity index (χ0n) is 16.8. The number of benzene rings is 2. The number of carbonyl (C=O) groups is 1. The van der Waals surface area contributed by atoms with Crippen LogP contribution in [0.25, 0.3) is 11.3 Å². The number of fused-ring (bicyclic) bond motifs is 4. The van der Waals surface area contributed by atoms with Gasteiger partial charge in [0.05, 0.1) is 22.2 Å². The maximum absolute atomic E-state index is 12.8. The molecule has 2 aliphatic heterocycles. The van der Waals surface area contributed by atoms with Gasteiger partial charge in [-0.1, -0.05) is 30.0 Å². The quantitative estimate of drug-likeness (QED) is 0.331. The number of carbonyl (C=O) groups excluding carboxylic acids is 1. The van der Waals surface area contributed by atoms with E-state index in [0.717, 1.165) is 0 Å². The normalized spacial score (nSPS) is 15.9. The first kappa shape index (κ1) is 20.0. The van der Waals surface area contributed by atoms with Crippen molar-refractivity contribution in [3.63, 3.8) is 0 Å². The molecule has 11 nitrogen and oxygen atoms in total. The lowest BCUT2D eigenvalue weighted by atomic mass is 10.1. The Hall–Kier alpha value is -3.93. The topological polar surface area (TPSA) is 130 Å². The van der Waals surface area contributed by atoms with Gasteiger partial charge in [-0.25, -0.2) is 0 Å². The fourth-order valence-corrected chi connectivity index (χ4v) is 3.94. The molecule has 5 rings (SSSR count). The number of hydrogen-bond donors (Lipinski definition) is 0. The Balaban J connectivity index is 1.79. The Morgan fingerprint density at radius 2 is 1.97 bits per heavy atom. The Morgan fingerprint density at radius 1 is 1.22 bits per heavy atom. The highest BCUT2D eigenvalue weighted by atomic mass is 32.2. The van der Waals surface area contributed by atoms with Crippen molar-refractivity contribution < 1.29 is 23.9 Å². The first-order valence-corrected chi connectivity index (χ1v) is 10.6. The largest absolute Gasteiger partial charge is 0.454 e. The maximum Gasteiger partial charge on any atom is 0.282 e. The molecule has 3 aromatic rings. The van der Waals surface area contributed by atoms with Crippen LogP contribution in [-0.2, 0) is 4.79 Å². The van der Waals surface area contributed by atoms with Crippen LogP contribution in [0.2, 0.25) is 0 Å². The molecule has 1 amide bonds. The summed E-state index contributed by atoms with van der Waals surface area (Å²) in [6, 6.07) is 9.74. The lowest BCUT2D eigenvalue weighted by Crippen LogP contribution is -2.36. The first-order valence-electron chi connectivity index (χ1n) is 9.40. The van der Waals surface area contributed by atoms with Gasteiger partial charge in [-0.2, -0.15) is 4.98 Å². The highest BCUT2D eigenvalue weighted by molar-refractivity contribution is 7.98. The summed E-state index contributed by atoms with van der Waals surface area (Å²) < 4.78 is 16.9. The SMILES string of the molecule is CSc1nnc2c(n1)OC(c1cc3c(cc1[N+](=O)[O-])OCO3)N(C(C)=O)c1ccccc1-2. The third kappa shape index (κ3) is 3.15. The number of nitro benzene ring substituents is 1. The number of nitro groups is 1. The van der Waals surface area contributed by atoms with Gasteiger partial charge < -0.3 is 14.2 Å². The van der Waals surface area contributed by atoms with Gasteiger partial charge in [0, 0.05) is 12.5 Å². The minimum Gasteiger partial charge on any atom is -0.454 e. The summed E-state index contributed by atoms with van der Waals surface area (Å²) in [4.78, 5) is 30.0. The van der Waals surface area contributed by atoms with Gasteiger partial charge in [-0.3, -0.25) is 19.8 Å². The zero-order valence-corrected chi connectivity index (χ0v) is 17.7. The van der Waals surface area contributed by atoms with Gasteiger partial charge in [0.1, 0.15) is 0 Å². The predicted octanol–water partition coefficient (Wildman–Crippen LogP) is 3.34. The molecular weight excluding hydrogens is 438 g/mol. The van der Waals surface area contributed by atoms with Crippen molar-refractivity contribution in [1.82, 2.24) is 15.2 Å². The van der Waals surface area contributed by atoms with E-state index < -0.39 is 11.2 Å². The van der Waals surface area contributed by atoms with E-state index in [2.05, 4.69) is 15.2 Å². The fraction of sp³-hybridized carbons (Fsp3) is 0.200. The van der Waals surface area contributed by atoms with Crippen LogP contribution >= 0.6 is 11.8 Å². The molecule has 0 bridgehead atoms. The van der Waals surface area contributed by atoms with Crippen molar-refractivity contribution in [2.75, 3.05) is 17.9 Å². The van der Waals surface area contributed by atoms with Gasteiger partial charge in [-0.15, -0.1) is 10.2 Å². The predicted molar refractivity (Wildman–Crippen MR) is 113 cm³/mol. The zero-order chi connectivity index (χ0) is 22.4. The van der Waals surface area contributed by atoms with Crippen molar-refractivity contribution in [2.24, 2.45) is 0 Å². The molecule has 0 saturated carbocycles. The van der Waals surface area contributed by atoms with E-state index in [1.807, 2.05) is 0 Å². The van der Waals surface area contributed by atoms with Crippen LogP contribution < -0.4 is 19.1 Å². The summed E-state index contributed by atoms with van der Waals surface area (Å²) >= 11 is 1.27. The number of amides is 1. The number of ether oxygens (including phenoxy) is 3. The fourth-order valence-electron chi connectivity index (χ4n) is 3.64. The molecule has 0 saturated heterocycles. The number of rotatable bonds is 3. The van der Waals surface area contributed by atoms with E-state index in [9.17, 15) is 14.9 Å². The molecule has 0 fully saturated rings. The summed E-state index contributed by atoms with van der Waals surface area (Å²) in [5.74, 6) is 0.289. The monoisotopic (exact) mass is 453 g/mol. The first-order chi connectivity index (χ1) is 15.5. The number of para-hydroxylation sites is 1. The van der Waals surface area contributed by atoms with E-state index in [-0.39, 0.29) is 35.6 Å². The van der Waals surface area contributed by atoms with E-state index in [1.165, 1.54) is 35.7 Å². The molecule has 162 valence electrons. The third-order valence-corrected chi connectivity index (χ3v) is 5.56. The summed E-state index contributed by atoms with van der Waals surface area (Å²) in [6.45, 7) is 1.30. The van der Waals surface area contributed by atoms with Crippen molar-refractivity contribution >= 4 is 29.0 Å². The second-order valence-electron chi connectivity index (χ2n) is 6.85. The standard InChI is InChI=1S/C20H15N5O6S/c1-10(26)24-13-6-4-3-5-11(13)17-18(21-20(32-2)23-22-17)31-19(24)12-7-15-16(30-9-29-15)8-14(12)25(27)28/h3-8,19H,9H2,1-2H3. The summed E-state index contributed by atoms with van der Waals surface area (Å²) in [6.07, 6.45) is 0.576. The van der Waals surface area contributed by atoms with Crippen LogP contribution in [0.3, 0.4) is 0 Å². The van der Waals surface area contributed by atoms with Crippen LogP contribution in [-0.4, -0.2) is 39.1 Å². The molecule has 2 aromatic carbocycles. The van der Waals surface area contributed by atoms with E-state index in [4.69, 9.17) is 14.2 Å². The number of nitrogens with zero attached hydrogens (tertiary/aromatic N) is 5. The summed E-state index contributed by atoms with van der Waals surface area (Å²) in [7, 11) is 0. The van der Waals surface area contributed by atoms with Crippen molar-refractivity contribution in [2.45, 2.75) is 18.3 Å². The molecule has 2 aliphatic rings. The van der Waals surface area contributed by atoms with E-state index >= 15 is 0 Å². The molecule has 0 spiro atoms. The average Bonchev–Trinajstić information content (AvgIpc) is 3.19. The third-order valence-electron chi connectivity index (χ3n) is 5.02. The van der Waals surface area contributed by atoms with Gasteiger partial charge in [0.15, 0.2) is 17.2 Å². The van der Waals surface area contributed by atoms with Gasteiger partial charge in [0.25, 0.3) is 5.69 Å². The van der Waals surface area contributed by atoms with Gasteiger partial charge >= 0.3 is 0 Å². The molecule has 3 heterocycles. The number of thioether (sulfide) groups is 1. The van der Waals surface area contributed by atoms with Crippen molar-refractivity contribution in [1.29, 1.82) is 0 Å². The molecule has 1 atom stereocenters. The van der Waals surface area contributed by atoms with Gasteiger partial charge in [-0.05, 0) is 18.4 Å². The lowest BCUT2D eigenvalue weighted by Gasteiger charge is -2.29. The smallest absolute Gasteiger partial charge is 0.282 e. The van der Waals surface area contributed by atoms with Crippen LogP contribution in [0.5, 0.6) is 17.4 Å². The second-order valence-corrected chi connectivity index (χ2v) is 7.62. The summed E-state index contributed by atoms with van der Waals surface area (Å²) in [5.41, 5.74) is 1.19. The van der Waals surface area contributed by atoms with Crippen LogP contribution in [0.4, 0.5) is 11.4 Å². The Bertz CT molecular complexity index is 1270. The highest BCUT2D eigenvalue weighted by Gasteiger charge is 2.39. The molecular formula is C20H15N5O6S. The van der Waals surface area contributed by atoms with Gasteiger partial charge in [0.2, 0.25) is 30.0 Å². The molecule has 0 N–H and O–H groups in total. The Morgan fingerprint density at radius 3 is 2.69 bits per heavy atom.